The number of nitrogens with zero attached hydrogens (tertiary/aromatic N) is 3. The summed E-state index contributed by atoms with van der Waals surface area (Å²) in [5.41, 5.74) is -0.906. The van der Waals surface area contributed by atoms with Crippen molar-refractivity contribution in [2.45, 2.75) is 18.3 Å². The quantitative estimate of drug-likeness (QED) is 0.553. The number of hydrogen-bond acceptors (Lipinski definition) is 6. The average molecular weight is 488 g/mol. The Morgan fingerprint density at radius 3 is 2.41 bits per heavy atom. The third-order valence-electron chi connectivity index (χ3n) is 6.42. The normalized spacial score (nSPS) is 20.8. The van der Waals surface area contributed by atoms with E-state index in [9.17, 15) is 19.2 Å². The molecule has 1 aromatic heterocycles. The van der Waals surface area contributed by atoms with Gasteiger partial charge in [-0.2, -0.15) is 0 Å². The van der Waals surface area contributed by atoms with Crippen LogP contribution >= 0.6 is 11.6 Å². The highest BCUT2D eigenvalue weighted by molar-refractivity contribution is 6.32. The van der Waals surface area contributed by atoms with Crippen molar-refractivity contribution in [3.05, 3.63) is 59.0 Å². The van der Waals surface area contributed by atoms with Crippen LogP contribution in [0.2, 0.25) is 5.02 Å². The lowest BCUT2D eigenvalue weighted by Crippen LogP contribution is -2.52. The van der Waals surface area contributed by atoms with Gasteiger partial charge in [0.25, 0.3) is 5.91 Å². The molecule has 1 atom stereocenters. The number of benzene rings is 1. The zero-order chi connectivity index (χ0) is 24.3. The SMILES string of the molecule is COCCN1C(=O)C[C@@](CC(=O)N2CCN(C(=O)c3ccco3)CC2)(c2ccccc2Cl)C1=O. The Morgan fingerprint density at radius 1 is 1.06 bits per heavy atom. The minimum absolute atomic E-state index is 0.113. The van der Waals surface area contributed by atoms with E-state index in [1.165, 1.54) is 13.4 Å². The van der Waals surface area contributed by atoms with E-state index in [2.05, 4.69) is 0 Å². The van der Waals surface area contributed by atoms with Crippen LogP contribution in [-0.2, 0) is 24.5 Å². The average Bonchev–Trinajstić information content (AvgIpc) is 3.45. The van der Waals surface area contributed by atoms with Crippen LogP contribution in [0, 0.1) is 0 Å². The van der Waals surface area contributed by atoms with E-state index >= 15 is 0 Å². The lowest BCUT2D eigenvalue weighted by molar-refractivity contribution is -0.143. The molecule has 0 saturated carbocycles. The largest absolute Gasteiger partial charge is 0.459 e. The topological polar surface area (TPSA) is 100 Å². The van der Waals surface area contributed by atoms with Crippen LogP contribution in [0.1, 0.15) is 29.0 Å². The van der Waals surface area contributed by atoms with Crippen LogP contribution in [0.15, 0.2) is 47.1 Å². The maximum Gasteiger partial charge on any atom is 0.289 e. The van der Waals surface area contributed by atoms with Crippen molar-refractivity contribution in [1.29, 1.82) is 0 Å². The maximum atomic E-state index is 13.5. The van der Waals surface area contributed by atoms with Crippen molar-refractivity contribution in [1.82, 2.24) is 14.7 Å². The van der Waals surface area contributed by atoms with Gasteiger partial charge in [-0.25, -0.2) is 0 Å². The smallest absolute Gasteiger partial charge is 0.289 e. The Labute approximate surface area is 202 Å². The molecule has 4 rings (SSSR count). The van der Waals surface area contributed by atoms with Gasteiger partial charge in [0.2, 0.25) is 17.7 Å². The van der Waals surface area contributed by atoms with Crippen molar-refractivity contribution in [2.24, 2.45) is 0 Å². The fraction of sp³-hybridized carbons (Fsp3) is 0.417. The molecule has 34 heavy (non-hydrogen) atoms. The van der Waals surface area contributed by atoms with Crippen LogP contribution in [0.3, 0.4) is 0 Å². The molecule has 0 unspecified atom stereocenters. The second-order valence-electron chi connectivity index (χ2n) is 8.41. The molecule has 2 saturated heterocycles. The second-order valence-corrected chi connectivity index (χ2v) is 8.82. The van der Waals surface area contributed by atoms with Gasteiger partial charge in [0.15, 0.2) is 5.76 Å². The summed E-state index contributed by atoms with van der Waals surface area (Å²) in [5, 5.41) is 0.332. The number of carbonyl (C=O) groups is 4. The molecule has 9 nitrogen and oxygen atoms in total. The molecule has 3 heterocycles. The first-order valence-electron chi connectivity index (χ1n) is 11.1. The molecule has 2 aliphatic heterocycles. The number of methoxy groups -OCH3 is 1. The molecule has 0 N–H and O–H groups in total. The maximum absolute atomic E-state index is 13.5. The number of ether oxygens (including phenoxy) is 1. The van der Waals surface area contributed by atoms with E-state index < -0.39 is 11.3 Å². The first-order valence-corrected chi connectivity index (χ1v) is 11.4. The lowest BCUT2D eigenvalue weighted by atomic mass is 9.75. The summed E-state index contributed by atoms with van der Waals surface area (Å²) in [4.78, 5) is 56.6. The molecule has 2 aliphatic rings. The van der Waals surface area contributed by atoms with Gasteiger partial charge in [0, 0.05) is 51.2 Å². The first-order chi connectivity index (χ1) is 16.4. The Hall–Kier alpha value is -3.17. The van der Waals surface area contributed by atoms with Crippen LogP contribution < -0.4 is 0 Å². The summed E-state index contributed by atoms with van der Waals surface area (Å²) in [6.45, 7) is 1.64. The molecular weight excluding hydrogens is 462 g/mol. The highest BCUT2D eigenvalue weighted by atomic mass is 35.5. The predicted molar refractivity (Wildman–Crippen MR) is 122 cm³/mol. The van der Waals surface area contributed by atoms with Gasteiger partial charge in [-0.1, -0.05) is 29.8 Å². The number of halogens is 1. The number of likely N-dealkylation sites (tertiary alicyclic amines) is 1. The Morgan fingerprint density at radius 2 is 1.76 bits per heavy atom. The number of furan rings is 1. The van der Waals surface area contributed by atoms with Crippen molar-refractivity contribution in [2.75, 3.05) is 46.4 Å². The van der Waals surface area contributed by atoms with Crippen LogP contribution in [0.5, 0.6) is 0 Å². The van der Waals surface area contributed by atoms with Gasteiger partial charge in [0.05, 0.1) is 24.8 Å². The second kappa shape index (κ2) is 9.99. The Bertz CT molecular complexity index is 1080. The first kappa shape index (κ1) is 24.0. The highest BCUT2D eigenvalue weighted by Gasteiger charge is 2.54. The van der Waals surface area contributed by atoms with Gasteiger partial charge < -0.3 is 19.0 Å². The van der Waals surface area contributed by atoms with E-state index in [1.807, 2.05) is 0 Å². The molecule has 0 bridgehead atoms. The van der Waals surface area contributed by atoms with E-state index in [0.717, 1.165) is 4.90 Å². The Balaban J connectivity index is 1.52. The third kappa shape index (κ3) is 4.45. The van der Waals surface area contributed by atoms with Gasteiger partial charge in [-0.3, -0.25) is 24.1 Å². The molecule has 0 aliphatic carbocycles. The summed E-state index contributed by atoms with van der Waals surface area (Å²) in [7, 11) is 1.49. The zero-order valence-electron chi connectivity index (χ0n) is 18.9. The summed E-state index contributed by atoms with van der Waals surface area (Å²) < 4.78 is 10.2. The molecule has 0 spiro atoms. The predicted octanol–water partition coefficient (Wildman–Crippen LogP) is 1.95. The number of imide groups is 1. The van der Waals surface area contributed by atoms with Gasteiger partial charge in [-0.05, 0) is 23.8 Å². The van der Waals surface area contributed by atoms with Gasteiger partial charge in [-0.15, -0.1) is 0 Å². The summed E-state index contributed by atoms with van der Waals surface area (Å²) in [5.74, 6) is -1.04. The van der Waals surface area contributed by atoms with E-state index in [1.54, 1.807) is 46.2 Å². The minimum atomic E-state index is -1.37. The highest BCUT2D eigenvalue weighted by Crippen LogP contribution is 2.43. The molecular formula is C24H26ClN3O6. The molecule has 2 aromatic rings. The van der Waals surface area contributed by atoms with Crippen molar-refractivity contribution in [3.8, 4) is 0 Å². The molecule has 2 fully saturated rings. The molecule has 0 radical (unpaired) electrons. The zero-order valence-corrected chi connectivity index (χ0v) is 19.6. The van der Waals surface area contributed by atoms with E-state index in [-0.39, 0.29) is 49.5 Å². The van der Waals surface area contributed by atoms with E-state index in [4.69, 9.17) is 20.8 Å². The summed E-state index contributed by atoms with van der Waals surface area (Å²) >= 11 is 6.45. The van der Waals surface area contributed by atoms with E-state index in [0.29, 0.717) is 36.8 Å². The Kier molecular flexibility index (Phi) is 7.04. The fourth-order valence-electron chi connectivity index (χ4n) is 4.59. The van der Waals surface area contributed by atoms with Crippen LogP contribution in [-0.4, -0.2) is 84.8 Å². The van der Waals surface area contributed by atoms with Gasteiger partial charge >= 0.3 is 0 Å². The number of rotatable bonds is 7. The van der Waals surface area contributed by atoms with Crippen molar-refractivity contribution >= 4 is 35.2 Å². The molecule has 180 valence electrons. The number of piperazine rings is 1. The molecule has 1 aromatic carbocycles. The number of carbonyl (C=O) groups excluding carboxylic acids is 4. The lowest BCUT2D eigenvalue weighted by Gasteiger charge is -2.36. The monoisotopic (exact) mass is 487 g/mol. The molecule has 4 amide bonds. The fourth-order valence-corrected chi connectivity index (χ4v) is 4.90. The summed E-state index contributed by atoms with van der Waals surface area (Å²) in [6, 6.07) is 10.1. The summed E-state index contributed by atoms with van der Waals surface area (Å²) in [6.07, 6.45) is 1.12. The minimum Gasteiger partial charge on any atom is -0.459 e. The van der Waals surface area contributed by atoms with Gasteiger partial charge in [0.1, 0.15) is 0 Å². The van der Waals surface area contributed by atoms with Crippen molar-refractivity contribution in [3.63, 3.8) is 0 Å². The third-order valence-corrected chi connectivity index (χ3v) is 6.75. The standard InChI is InChI=1S/C24H26ClN3O6/c1-33-14-12-28-21(30)16-24(23(28)32,17-5-2-3-6-18(17)25)15-20(29)26-8-10-27(11-9-26)22(31)19-7-4-13-34-19/h2-7,13H,8-12,14-16H2,1H3/t24-/m0/s1. The van der Waals surface area contributed by atoms with Crippen LogP contribution in [0.25, 0.3) is 0 Å². The van der Waals surface area contributed by atoms with Crippen LogP contribution in [0.4, 0.5) is 0 Å². The molecule has 10 heteroatoms. The number of hydrogen-bond donors (Lipinski definition) is 0. The van der Waals surface area contributed by atoms with Crippen molar-refractivity contribution < 1.29 is 28.3 Å². The number of amides is 4.